The minimum atomic E-state index is -0.674. The molecule has 0 aliphatic carbocycles. The minimum Gasteiger partial charge on any atom is -0.463 e. The second kappa shape index (κ2) is 5.37. The van der Waals surface area contributed by atoms with Crippen molar-refractivity contribution < 1.29 is 13.2 Å². The molecule has 0 spiro atoms. The van der Waals surface area contributed by atoms with Crippen LogP contribution < -0.4 is 5.73 Å². The van der Waals surface area contributed by atoms with E-state index in [9.17, 15) is 8.78 Å². The topological polar surface area (TPSA) is 95.6 Å². The Morgan fingerprint density at radius 3 is 2.79 bits per heavy atom. The first-order valence-corrected chi connectivity index (χ1v) is 6.96. The van der Waals surface area contributed by atoms with E-state index in [2.05, 4.69) is 20.3 Å². The lowest BCUT2D eigenvalue weighted by Gasteiger charge is -2.05. The van der Waals surface area contributed by atoms with Gasteiger partial charge >= 0.3 is 0 Å². The predicted molar refractivity (Wildman–Crippen MR) is 80.7 cm³/mol. The Kier molecular flexibility index (Phi) is 3.19. The number of benzene rings is 1. The largest absolute Gasteiger partial charge is 0.463 e. The average molecular weight is 328 g/mol. The molecule has 0 saturated carbocycles. The molecule has 0 amide bonds. The van der Waals surface area contributed by atoms with E-state index in [0.29, 0.717) is 22.6 Å². The Balaban J connectivity index is 1.83. The van der Waals surface area contributed by atoms with Crippen LogP contribution in [0.3, 0.4) is 0 Å². The summed E-state index contributed by atoms with van der Waals surface area (Å²) in [5, 5.41) is 8.01. The van der Waals surface area contributed by atoms with Gasteiger partial charge in [-0.05, 0) is 18.2 Å². The maximum absolute atomic E-state index is 13.9. The molecule has 3 heterocycles. The third kappa shape index (κ3) is 2.35. The normalized spacial score (nSPS) is 11.2. The molecule has 7 nitrogen and oxygen atoms in total. The molecule has 0 saturated heterocycles. The van der Waals surface area contributed by atoms with E-state index in [4.69, 9.17) is 10.2 Å². The van der Waals surface area contributed by atoms with Gasteiger partial charge in [0.15, 0.2) is 16.9 Å². The van der Waals surface area contributed by atoms with E-state index in [-0.39, 0.29) is 18.1 Å². The third-order valence-corrected chi connectivity index (χ3v) is 3.47. The van der Waals surface area contributed by atoms with Gasteiger partial charge < -0.3 is 10.2 Å². The highest BCUT2D eigenvalue weighted by Gasteiger charge is 2.17. The maximum Gasteiger partial charge on any atom is 0.222 e. The van der Waals surface area contributed by atoms with Crippen molar-refractivity contribution in [2.75, 3.05) is 5.73 Å². The summed E-state index contributed by atoms with van der Waals surface area (Å²) in [6, 6.07) is 6.75. The summed E-state index contributed by atoms with van der Waals surface area (Å²) in [6.45, 7) is 0.0245. The van der Waals surface area contributed by atoms with Gasteiger partial charge in [-0.3, -0.25) is 0 Å². The molecule has 0 aliphatic heterocycles. The summed E-state index contributed by atoms with van der Waals surface area (Å²) in [5.74, 6) is -0.843. The van der Waals surface area contributed by atoms with Gasteiger partial charge in [0.1, 0.15) is 17.3 Å². The lowest BCUT2D eigenvalue weighted by Crippen LogP contribution is -2.06. The van der Waals surface area contributed by atoms with Crippen molar-refractivity contribution in [3.8, 4) is 11.5 Å². The van der Waals surface area contributed by atoms with Crippen molar-refractivity contribution in [2.45, 2.75) is 6.54 Å². The van der Waals surface area contributed by atoms with E-state index >= 15 is 0 Å². The summed E-state index contributed by atoms with van der Waals surface area (Å²) < 4.78 is 33.6. The molecule has 0 atom stereocenters. The summed E-state index contributed by atoms with van der Waals surface area (Å²) in [7, 11) is 0. The van der Waals surface area contributed by atoms with E-state index in [1.54, 1.807) is 12.1 Å². The van der Waals surface area contributed by atoms with Crippen molar-refractivity contribution in [1.29, 1.82) is 0 Å². The van der Waals surface area contributed by atoms with Crippen molar-refractivity contribution in [3.05, 3.63) is 53.8 Å². The first-order chi connectivity index (χ1) is 11.6. The fourth-order valence-electron chi connectivity index (χ4n) is 2.38. The van der Waals surface area contributed by atoms with Crippen LogP contribution in [0.1, 0.15) is 5.56 Å². The molecule has 9 heteroatoms. The molecule has 3 aromatic heterocycles. The number of anilines is 1. The minimum absolute atomic E-state index is 0.0111. The van der Waals surface area contributed by atoms with Gasteiger partial charge in [0, 0.05) is 11.6 Å². The average Bonchev–Trinajstić information content (AvgIpc) is 3.20. The maximum atomic E-state index is 13.9. The van der Waals surface area contributed by atoms with Gasteiger partial charge in [-0.25, -0.2) is 18.4 Å². The van der Waals surface area contributed by atoms with Crippen LogP contribution in [0, 0.1) is 11.6 Å². The molecule has 4 aromatic rings. The Labute approximate surface area is 133 Å². The van der Waals surface area contributed by atoms with E-state index < -0.39 is 11.6 Å². The number of rotatable bonds is 3. The molecule has 0 fully saturated rings. The predicted octanol–water partition coefficient (Wildman–Crippen LogP) is 2.39. The summed E-state index contributed by atoms with van der Waals surface area (Å²) in [4.78, 5) is 8.24. The zero-order chi connectivity index (χ0) is 16.7. The lowest BCUT2D eigenvalue weighted by atomic mass is 10.2. The lowest BCUT2D eigenvalue weighted by molar-refractivity contribution is 0.557. The number of fused-ring (bicyclic) bond motifs is 1. The van der Waals surface area contributed by atoms with Crippen LogP contribution in [0.25, 0.3) is 22.6 Å². The van der Waals surface area contributed by atoms with Gasteiger partial charge in [-0.1, -0.05) is 11.3 Å². The zero-order valence-corrected chi connectivity index (χ0v) is 12.1. The van der Waals surface area contributed by atoms with Gasteiger partial charge in [0.2, 0.25) is 5.95 Å². The van der Waals surface area contributed by atoms with Crippen LogP contribution in [-0.4, -0.2) is 25.0 Å². The third-order valence-electron chi connectivity index (χ3n) is 3.47. The molecule has 0 radical (unpaired) electrons. The summed E-state index contributed by atoms with van der Waals surface area (Å²) >= 11 is 0. The molecule has 120 valence electrons. The summed E-state index contributed by atoms with van der Waals surface area (Å²) in [5.41, 5.74) is 7.10. The molecular weight excluding hydrogens is 318 g/mol. The Bertz CT molecular complexity index is 1030. The fourth-order valence-corrected chi connectivity index (χ4v) is 2.38. The molecule has 4 rings (SSSR count). The number of nitrogen functional groups attached to an aromatic ring is 1. The second-order valence-corrected chi connectivity index (χ2v) is 5.06. The molecular formula is C15H10F2N6O. The van der Waals surface area contributed by atoms with E-state index in [1.807, 2.05) is 0 Å². The molecule has 0 unspecified atom stereocenters. The number of halogens is 2. The zero-order valence-electron chi connectivity index (χ0n) is 12.1. The highest BCUT2D eigenvalue weighted by atomic mass is 19.1. The van der Waals surface area contributed by atoms with Crippen LogP contribution >= 0.6 is 0 Å². The van der Waals surface area contributed by atoms with Gasteiger partial charge in [0.05, 0.1) is 12.8 Å². The number of nitrogens with two attached hydrogens (primary N) is 1. The quantitative estimate of drug-likeness (QED) is 0.620. The Hall–Kier alpha value is -3.36. The number of nitrogens with zero attached hydrogens (tertiary/aromatic N) is 5. The van der Waals surface area contributed by atoms with Crippen LogP contribution in [-0.2, 0) is 6.54 Å². The van der Waals surface area contributed by atoms with Gasteiger partial charge in [-0.2, -0.15) is 4.98 Å². The summed E-state index contributed by atoms with van der Waals surface area (Å²) in [6.07, 6.45) is 1.50. The van der Waals surface area contributed by atoms with Crippen molar-refractivity contribution in [2.24, 2.45) is 0 Å². The van der Waals surface area contributed by atoms with Gasteiger partial charge in [0.25, 0.3) is 0 Å². The highest BCUT2D eigenvalue weighted by Crippen LogP contribution is 2.25. The van der Waals surface area contributed by atoms with Crippen molar-refractivity contribution >= 4 is 17.1 Å². The first kappa shape index (κ1) is 14.2. The number of hydrogen-bond donors (Lipinski definition) is 1. The molecule has 0 bridgehead atoms. The smallest absolute Gasteiger partial charge is 0.222 e. The van der Waals surface area contributed by atoms with Crippen LogP contribution in [0.2, 0.25) is 0 Å². The highest BCUT2D eigenvalue weighted by molar-refractivity contribution is 5.85. The van der Waals surface area contributed by atoms with Crippen LogP contribution in [0.4, 0.5) is 14.7 Å². The standard InChI is InChI=1S/C15H10F2N6O/c16-9-4-3-8(10(17)6-9)7-23-14-13(21-22-23)12(19-15(18)20-14)11-2-1-5-24-11/h1-6H,7H2,(H2,18,19,20). The second-order valence-electron chi connectivity index (χ2n) is 5.06. The first-order valence-electron chi connectivity index (χ1n) is 6.96. The van der Waals surface area contributed by atoms with Crippen molar-refractivity contribution in [1.82, 2.24) is 25.0 Å². The van der Waals surface area contributed by atoms with Gasteiger partial charge in [-0.15, -0.1) is 5.10 Å². The Morgan fingerprint density at radius 1 is 1.17 bits per heavy atom. The van der Waals surface area contributed by atoms with E-state index in [1.165, 1.54) is 23.1 Å². The number of furan rings is 1. The Morgan fingerprint density at radius 2 is 2.04 bits per heavy atom. The monoisotopic (exact) mass is 328 g/mol. The molecule has 24 heavy (non-hydrogen) atoms. The van der Waals surface area contributed by atoms with Crippen LogP contribution in [0.15, 0.2) is 41.0 Å². The number of aromatic nitrogens is 5. The molecule has 1 aromatic carbocycles. The fraction of sp³-hybridized carbons (Fsp3) is 0.0667. The number of hydrogen-bond acceptors (Lipinski definition) is 6. The molecule has 0 aliphatic rings. The molecule has 2 N–H and O–H groups in total. The SMILES string of the molecule is Nc1nc(-c2ccco2)c2nnn(Cc3ccc(F)cc3F)c2n1. The van der Waals surface area contributed by atoms with E-state index in [0.717, 1.165) is 6.07 Å². The van der Waals surface area contributed by atoms with Crippen molar-refractivity contribution in [3.63, 3.8) is 0 Å². The van der Waals surface area contributed by atoms with Crippen LogP contribution in [0.5, 0.6) is 0 Å².